The molecule has 3 rings (SSSR count). The van der Waals surface area contributed by atoms with Gasteiger partial charge >= 0.3 is 0 Å². The Morgan fingerprint density at radius 1 is 1.39 bits per heavy atom. The van der Waals surface area contributed by atoms with E-state index in [1.807, 2.05) is 19.2 Å². The lowest BCUT2D eigenvalue weighted by Crippen LogP contribution is -2.36. The van der Waals surface area contributed by atoms with Crippen LogP contribution in [0.4, 0.5) is 0 Å². The maximum Gasteiger partial charge on any atom is 0.256 e. The number of H-pyrrole nitrogens is 1. The second-order valence-electron chi connectivity index (χ2n) is 5.83. The summed E-state index contributed by atoms with van der Waals surface area (Å²) in [5.41, 5.74) is 3.03. The van der Waals surface area contributed by atoms with Crippen LogP contribution in [0.3, 0.4) is 0 Å². The van der Waals surface area contributed by atoms with Crippen molar-refractivity contribution in [3.63, 3.8) is 0 Å². The number of pyridine rings is 1. The van der Waals surface area contributed by atoms with Crippen molar-refractivity contribution in [1.82, 2.24) is 19.9 Å². The van der Waals surface area contributed by atoms with E-state index in [9.17, 15) is 13.2 Å². The molecule has 0 aromatic carbocycles. The second-order valence-corrected chi connectivity index (χ2v) is 7.76. The van der Waals surface area contributed by atoms with Gasteiger partial charge in [0.05, 0.1) is 11.3 Å². The molecule has 1 aliphatic heterocycles. The van der Waals surface area contributed by atoms with Crippen LogP contribution in [0.15, 0.2) is 28.4 Å². The number of nitrogens with one attached hydrogen (secondary N) is 1. The Morgan fingerprint density at radius 2 is 2.17 bits per heavy atom. The first-order chi connectivity index (χ1) is 10.8. The number of aromatic nitrogens is 3. The fraction of sp³-hybridized carbons (Fsp3) is 0.400. The van der Waals surface area contributed by atoms with E-state index in [1.165, 1.54) is 0 Å². The van der Waals surface area contributed by atoms with Crippen molar-refractivity contribution >= 4 is 9.84 Å². The number of sulfone groups is 1. The monoisotopic (exact) mass is 334 g/mol. The first-order valence-electron chi connectivity index (χ1n) is 7.28. The Labute approximate surface area is 134 Å². The minimum Gasteiger partial charge on any atom is -0.297 e. The standard InChI is InChI=1S/C15H18N4O3S/c1-10-3-5-16-7-11(10)8-19-6-4-13-12(9-19)14(20)18-15(17-13)23(2,21)22/h3,5,7H,4,6,8-9H2,1-2H3,(H,17,18,20). The zero-order valence-corrected chi connectivity index (χ0v) is 13.9. The van der Waals surface area contributed by atoms with Gasteiger partial charge in [0.15, 0.2) is 0 Å². The molecular formula is C15H18N4O3S. The molecule has 1 aliphatic rings. The van der Waals surface area contributed by atoms with Crippen LogP contribution in [0.25, 0.3) is 0 Å². The fourth-order valence-corrected chi connectivity index (χ4v) is 3.23. The highest BCUT2D eigenvalue weighted by molar-refractivity contribution is 7.90. The van der Waals surface area contributed by atoms with Crippen LogP contribution in [-0.2, 0) is 29.3 Å². The van der Waals surface area contributed by atoms with E-state index in [2.05, 4.69) is 19.9 Å². The number of hydrogen-bond donors (Lipinski definition) is 1. The minimum atomic E-state index is -3.52. The van der Waals surface area contributed by atoms with Gasteiger partial charge in [-0.2, -0.15) is 0 Å². The molecule has 2 aromatic heterocycles. The van der Waals surface area contributed by atoms with Crippen molar-refractivity contribution < 1.29 is 8.42 Å². The van der Waals surface area contributed by atoms with Gasteiger partial charge in [0.1, 0.15) is 0 Å². The molecule has 0 amide bonds. The highest BCUT2D eigenvalue weighted by Gasteiger charge is 2.23. The van der Waals surface area contributed by atoms with E-state index in [1.54, 1.807) is 6.20 Å². The van der Waals surface area contributed by atoms with Crippen molar-refractivity contribution in [2.45, 2.75) is 31.6 Å². The molecular weight excluding hydrogens is 316 g/mol. The minimum absolute atomic E-state index is 0.252. The van der Waals surface area contributed by atoms with Gasteiger partial charge in [0.25, 0.3) is 5.56 Å². The molecule has 0 fully saturated rings. The summed E-state index contributed by atoms with van der Waals surface area (Å²) in [6.07, 6.45) is 5.19. The third-order valence-electron chi connectivity index (χ3n) is 4.02. The van der Waals surface area contributed by atoms with Crippen molar-refractivity contribution in [1.29, 1.82) is 0 Å². The molecule has 2 aromatic rings. The Morgan fingerprint density at radius 3 is 2.87 bits per heavy atom. The number of aryl methyl sites for hydroxylation is 1. The Kier molecular flexibility index (Phi) is 4.03. The number of nitrogens with zero attached hydrogens (tertiary/aromatic N) is 3. The van der Waals surface area contributed by atoms with Crippen LogP contribution in [0.2, 0.25) is 0 Å². The number of hydrogen-bond acceptors (Lipinski definition) is 6. The molecule has 23 heavy (non-hydrogen) atoms. The first kappa shape index (κ1) is 15.8. The third kappa shape index (κ3) is 3.32. The molecule has 0 atom stereocenters. The van der Waals surface area contributed by atoms with Gasteiger partial charge < -0.3 is 0 Å². The quantitative estimate of drug-likeness (QED) is 0.818. The van der Waals surface area contributed by atoms with Crippen molar-refractivity contribution in [2.75, 3.05) is 12.8 Å². The van der Waals surface area contributed by atoms with E-state index >= 15 is 0 Å². The molecule has 0 spiro atoms. The molecule has 0 unspecified atom stereocenters. The Bertz CT molecular complexity index is 905. The summed E-state index contributed by atoms with van der Waals surface area (Å²) in [6.45, 7) is 3.91. The highest BCUT2D eigenvalue weighted by atomic mass is 32.2. The van der Waals surface area contributed by atoms with E-state index in [0.29, 0.717) is 30.8 Å². The van der Waals surface area contributed by atoms with E-state index in [-0.39, 0.29) is 10.7 Å². The summed E-state index contributed by atoms with van der Waals surface area (Å²) in [4.78, 5) is 25.0. The zero-order valence-electron chi connectivity index (χ0n) is 13.0. The van der Waals surface area contributed by atoms with Crippen LogP contribution in [0, 0.1) is 6.92 Å². The maximum atomic E-state index is 12.2. The Balaban J connectivity index is 1.87. The predicted octanol–water partition coefficient (Wildman–Crippen LogP) is 0.435. The molecule has 3 heterocycles. The number of fused-ring (bicyclic) bond motifs is 1. The number of aromatic amines is 1. The fourth-order valence-electron chi connectivity index (χ4n) is 2.67. The average molecular weight is 334 g/mol. The second kappa shape index (κ2) is 5.86. The molecule has 0 bridgehead atoms. The topological polar surface area (TPSA) is 96.0 Å². The average Bonchev–Trinajstić information content (AvgIpc) is 2.49. The van der Waals surface area contributed by atoms with Gasteiger partial charge in [0, 0.05) is 44.7 Å². The summed E-state index contributed by atoms with van der Waals surface area (Å²) in [5.74, 6) is 0. The predicted molar refractivity (Wildman–Crippen MR) is 84.8 cm³/mol. The van der Waals surface area contributed by atoms with Crippen molar-refractivity contribution in [3.8, 4) is 0 Å². The third-order valence-corrected chi connectivity index (χ3v) is 4.91. The lowest BCUT2D eigenvalue weighted by atomic mass is 10.1. The van der Waals surface area contributed by atoms with Gasteiger partial charge in [0.2, 0.25) is 15.0 Å². The van der Waals surface area contributed by atoms with Gasteiger partial charge in [-0.05, 0) is 24.1 Å². The summed E-state index contributed by atoms with van der Waals surface area (Å²) in [7, 11) is -3.52. The lowest BCUT2D eigenvalue weighted by Gasteiger charge is -2.28. The largest absolute Gasteiger partial charge is 0.297 e. The van der Waals surface area contributed by atoms with Gasteiger partial charge in [-0.15, -0.1) is 0 Å². The molecule has 7 nitrogen and oxygen atoms in total. The van der Waals surface area contributed by atoms with Crippen molar-refractivity contribution in [3.05, 3.63) is 51.2 Å². The van der Waals surface area contributed by atoms with E-state index in [4.69, 9.17) is 0 Å². The molecule has 0 saturated carbocycles. The maximum absolute atomic E-state index is 12.2. The van der Waals surface area contributed by atoms with E-state index < -0.39 is 9.84 Å². The van der Waals surface area contributed by atoms with Crippen LogP contribution in [-0.4, -0.2) is 41.1 Å². The lowest BCUT2D eigenvalue weighted by molar-refractivity contribution is 0.240. The molecule has 8 heteroatoms. The smallest absolute Gasteiger partial charge is 0.256 e. The summed E-state index contributed by atoms with van der Waals surface area (Å²) >= 11 is 0. The SMILES string of the molecule is Cc1ccncc1CN1CCc2nc(S(C)(=O)=O)[nH]c(=O)c2C1. The van der Waals surface area contributed by atoms with Crippen LogP contribution in [0.1, 0.15) is 22.4 Å². The summed E-state index contributed by atoms with van der Waals surface area (Å²) < 4.78 is 23.1. The molecule has 0 aliphatic carbocycles. The Hall–Kier alpha value is -2.06. The molecule has 122 valence electrons. The molecule has 0 saturated heterocycles. The van der Waals surface area contributed by atoms with Crippen LogP contribution < -0.4 is 5.56 Å². The van der Waals surface area contributed by atoms with Crippen LogP contribution >= 0.6 is 0 Å². The van der Waals surface area contributed by atoms with Gasteiger partial charge in [-0.1, -0.05) is 0 Å². The summed E-state index contributed by atoms with van der Waals surface area (Å²) in [5, 5.41) is -0.252. The van der Waals surface area contributed by atoms with Crippen molar-refractivity contribution in [2.24, 2.45) is 0 Å². The number of rotatable bonds is 3. The highest BCUT2D eigenvalue weighted by Crippen LogP contribution is 2.18. The van der Waals surface area contributed by atoms with Gasteiger partial charge in [-0.3, -0.25) is 19.7 Å². The summed E-state index contributed by atoms with van der Waals surface area (Å²) in [6, 6.07) is 1.96. The molecule has 0 radical (unpaired) electrons. The first-order valence-corrected chi connectivity index (χ1v) is 9.17. The zero-order chi connectivity index (χ0) is 16.6. The normalized spacial score (nSPS) is 15.4. The van der Waals surface area contributed by atoms with E-state index in [0.717, 1.165) is 23.9 Å². The van der Waals surface area contributed by atoms with Crippen LogP contribution in [0.5, 0.6) is 0 Å². The van der Waals surface area contributed by atoms with Gasteiger partial charge in [-0.25, -0.2) is 13.4 Å². The molecule has 1 N–H and O–H groups in total.